The molecule has 5 aliphatic carbocycles. The van der Waals surface area contributed by atoms with Crippen molar-refractivity contribution in [1.82, 2.24) is 0 Å². The predicted octanol–water partition coefficient (Wildman–Crippen LogP) is 6.84. The summed E-state index contributed by atoms with van der Waals surface area (Å²) >= 11 is 0. The Labute approximate surface area is 248 Å². The first-order valence-electron chi connectivity index (χ1n) is 17.1. The SMILES string of the molecule is CCC(C)C(=O)OC1CCC2(C)C(C1)CC(O)C1C2CC(O)C2(C)C(C(C)CCC(=O)OC3(C)CCCC3)CCC12. The van der Waals surface area contributed by atoms with Gasteiger partial charge in [-0.25, -0.2) is 0 Å². The van der Waals surface area contributed by atoms with Crippen LogP contribution in [0.25, 0.3) is 0 Å². The predicted molar refractivity (Wildman–Crippen MR) is 159 cm³/mol. The van der Waals surface area contributed by atoms with Gasteiger partial charge in [0.2, 0.25) is 0 Å². The molecule has 5 aliphatic rings. The molecule has 0 radical (unpaired) electrons. The maximum absolute atomic E-state index is 12.7. The third kappa shape index (κ3) is 5.63. The molecule has 0 amide bonds. The Hall–Kier alpha value is -1.14. The van der Waals surface area contributed by atoms with Crippen LogP contribution in [0.15, 0.2) is 0 Å². The summed E-state index contributed by atoms with van der Waals surface area (Å²) in [6.07, 6.45) is 11.7. The van der Waals surface area contributed by atoms with E-state index in [1.54, 1.807) is 0 Å². The highest BCUT2D eigenvalue weighted by Gasteiger charge is 2.65. The first-order valence-corrected chi connectivity index (χ1v) is 17.1. The van der Waals surface area contributed by atoms with E-state index in [-0.39, 0.29) is 58.3 Å². The summed E-state index contributed by atoms with van der Waals surface area (Å²) in [7, 11) is 0. The molecule has 2 N–H and O–H groups in total. The van der Waals surface area contributed by atoms with Crippen LogP contribution in [-0.4, -0.2) is 46.1 Å². The van der Waals surface area contributed by atoms with Gasteiger partial charge in [-0.05, 0) is 137 Å². The molecular weight excluding hydrogens is 516 g/mol. The summed E-state index contributed by atoms with van der Waals surface area (Å²) in [6, 6.07) is 0. The number of carbonyl (C=O) groups excluding carboxylic acids is 2. The van der Waals surface area contributed by atoms with Crippen molar-refractivity contribution in [2.75, 3.05) is 0 Å². The van der Waals surface area contributed by atoms with Crippen molar-refractivity contribution < 1.29 is 29.3 Å². The van der Waals surface area contributed by atoms with E-state index in [2.05, 4.69) is 27.7 Å². The minimum Gasteiger partial charge on any atom is -0.462 e. The monoisotopic (exact) mass is 574 g/mol. The lowest BCUT2D eigenvalue weighted by atomic mass is 9.43. The molecule has 5 fully saturated rings. The molecule has 0 aliphatic heterocycles. The fourth-order valence-corrected chi connectivity index (χ4v) is 10.8. The second-order valence-electron chi connectivity index (χ2n) is 15.9. The number of aliphatic hydroxyl groups excluding tert-OH is 2. The van der Waals surface area contributed by atoms with E-state index in [9.17, 15) is 19.8 Å². The highest BCUT2D eigenvalue weighted by Crippen LogP contribution is 2.68. The summed E-state index contributed by atoms with van der Waals surface area (Å²) in [6.45, 7) is 13.0. The van der Waals surface area contributed by atoms with Crippen LogP contribution in [0.5, 0.6) is 0 Å². The van der Waals surface area contributed by atoms with Gasteiger partial charge >= 0.3 is 11.9 Å². The van der Waals surface area contributed by atoms with Gasteiger partial charge in [-0.15, -0.1) is 0 Å². The lowest BCUT2D eigenvalue weighted by Gasteiger charge is -2.63. The third-order valence-corrected chi connectivity index (χ3v) is 13.6. The van der Waals surface area contributed by atoms with Crippen molar-refractivity contribution in [2.24, 2.45) is 52.3 Å². The maximum Gasteiger partial charge on any atom is 0.308 e. The Bertz CT molecular complexity index is 958. The average molecular weight is 575 g/mol. The molecule has 0 bridgehead atoms. The van der Waals surface area contributed by atoms with Gasteiger partial charge in [-0.3, -0.25) is 9.59 Å². The Morgan fingerprint density at radius 3 is 2.32 bits per heavy atom. The first-order chi connectivity index (χ1) is 19.3. The van der Waals surface area contributed by atoms with Crippen molar-refractivity contribution in [3.8, 4) is 0 Å². The summed E-state index contributed by atoms with van der Waals surface area (Å²) < 4.78 is 11.8. The third-order valence-electron chi connectivity index (χ3n) is 13.6. The van der Waals surface area contributed by atoms with Crippen LogP contribution in [0, 0.1) is 52.3 Å². The van der Waals surface area contributed by atoms with E-state index in [0.29, 0.717) is 30.1 Å². The second-order valence-corrected chi connectivity index (χ2v) is 15.9. The van der Waals surface area contributed by atoms with E-state index in [1.807, 2.05) is 13.8 Å². The molecule has 0 spiro atoms. The number of carbonyl (C=O) groups is 2. The molecule has 0 aromatic rings. The van der Waals surface area contributed by atoms with Gasteiger partial charge in [0.15, 0.2) is 0 Å². The molecular formula is C35H58O6. The molecule has 0 aromatic carbocycles. The number of aliphatic hydroxyl groups is 2. The summed E-state index contributed by atoms with van der Waals surface area (Å²) in [5.41, 5.74) is -0.469. The van der Waals surface area contributed by atoms with Gasteiger partial charge in [0.25, 0.3) is 0 Å². The number of hydrogen-bond acceptors (Lipinski definition) is 6. The lowest BCUT2D eigenvalue weighted by Crippen LogP contribution is -2.62. The fourth-order valence-electron chi connectivity index (χ4n) is 10.8. The summed E-state index contributed by atoms with van der Waals surface area (Å²) in [5, 5.41) is 23.6. The molecule has 0 heterocycles. The molecule has 0 aromatic heterocycles. The quantitative estimate of drug-likeness (QED) is 0.309. The normalized spacial score (nSPS) is 44.7. The molecule has 6 nitrogen and oxygen atoms in total. The van der Waals surface area contributed by atoms with Crippen LogP contribution in [0.3, 0.4) is 0 Å². The van der Waals surface area contributed by atoms with E-state index < -0.39 is 6.10 Å². The highest BCUT2D eigenvalue weighted by molar-refractivity contribution is 5.72. The van der Waals surface area contributed by atoms with Crippen LogP contribution >= 0.6 is 0 Å². The van der Waals surface area contributed by atoms with Gasteiger partial charge in [-0.2, -0.15) is 0 Å². The van der Waals surface area contributed by atoms with Crippen molar-refractivity contribution >= 4 is 11.9 Å². The zero-order chi connectivity index (χ0) is 29.7. The molecule has 6 heteroatoms. The topological polar surface area (TPSA) is 93.1 Å². The van der Waals surface area contributed by atoms with Gasteiger partial charge in [0.1, 0.15) is 11.7 Å². The van der Waals surface area contributed by atoms with Crippen LogP contribution in [0.4, 0.5) is 0 Å². The molecule has 234 valence electrons. The van der Waals surface area contributed by atoms with E-state index in [4.69, 9.17) is 9.47 Å². The molecule has 5 rings (SSSR count). The van der Waals surface area contributed by atoms with Crippen LogP contribution < -0.4 is 0 Å². The van der Waals surface area contributed by atoms with Gasteiger partial charge in [0.05, 0.1) is 18.1 Å². The standard InChI is InChI=1S/C35H58O6/c1-7-21(2)32(39)40-24-14-17-34(5)23(18-24)19-28(36)31-26-12-11-25(35(26,6)29(37)20-27(31)34)22(3)10-13-30(38)41-33(4)15-8-9-16-33/h21-29,31,36-37H,7-20H2,1-6H3. The molecule has 12 atom stereocenters. The minimum atomic E-state index is -0.406. The molecule has 5 saturated carbocycles. The van der Waals surface area contributed by atoms with Crippen molar-refractivity contribution in [2.45, 2.75) is 155 Å². The van der Waals surface area contributed by atoms with E-state index >= 15 is 0 Å². The van der Waals surface area contributed by atoms with E-state index in [0.717, 1.165) is 83.5 Å². The number of fused-ring (bicyclic) bond motifs is 5. The number of rotatable bonds is 8. The van der Waals surface area contributed by atoms with Gasteiger partial charge in [-0.1, -0.05) is 34.6 Å². The Kier molecular flexibility index (Phi) is 8.97. The average Bonchev–Trinajstić information content (AvgIpc) is 3.51. The summed E-state index contributed by atoms with van der Waals surface area (Å²) in [4.78, 5) is 25.3. The fraction of sp³-hybridized carbons (Fsp3) is 0.943. The lowest BCUT2D eigenvalue weighted by molar-refractivity contribution is -0.210. The summed E-state index contributed by atoms with van der Waals surface area (Å²) in [5.74, 6) is 1.51. The smallest absolute Gasteiger partial charge is 0.308 e. The Morgan fingerprint density at radius 1 is 0.927 bits per heavy atom. The van der Waals surface area contributed by atoms with Crippen molar-refractivity contribution in [1.29, 1.82) is 0 Å². The van der Waals surface area contributed by atoms with Crippen molar-refractivity contribution in [3.05, 3.63) is 0 Å². The number of hydrogen-bond donors (Lipinski definition) is 2. The maximum atomic E-state index is 12.7. The Balaban J connectivity index is 1.25. The van der Waals surface area contributed by atoms with E-state index in [1.165, 1.54) is 0 Å². The number of esters is 2. The van der Waals surface area contributed by atoms with Gasteiger partial charge < -0.3 is 19.7 Å². The number of ether oxygens (including phenoxy) is 2. The largest absolute Gasteiger partial charge is 0.462 e. The van der Waals surface area contributed by atoms with Crippen molar-refractivity contribution in [3.63, 3.8) is 0 Å². The Morgan fingerprint density at radius 2 is 1.63 bits per heavy atom. The van der Waals surface area contributed by atoms with Gasteiger partial charge in [0, 0.05) is 6.42 Å². The second kappa shape index (κ2) is 11.7. The first kappa shape index (κ1) is 31.3. The zero-order valence-corrected chi connectivity index (χ0v) is 26.7. The molecule has 41 heavy (non-hydrogen) atoms. The molecule has 0 saturated heterocycles. The molecule has 12 unspecified atom stereocenters. The van der Waals surface area contributed by atoms with Crippen LogP contribution in [0.2, 0.25) is 0 Å². The van der Waals surface area contributed by atoms with Crippen LogP contribution in [0.1, 0.15) is 131 Å². The highest BCUT2D eigenvalue weighted by atomic mass is 16.6. The van der Waals surface area contributed by atoms with Crippen LogP contribution in [-0.2, 0) is 19.1 Å². The minimum absolute atomic E-state index is 0.0509. The zero-order valence-electron chi connectivity index (χ0n) is 26.7.